The van der Waals surface area contributed by atoms with E-state index in [2.05, 4.69) is 32.0 Å². The maximum Gasteiger partial charge on any atom is 0.149 e. The molecule has 2 N–H and O–H groups in total. The summed E-state index contributed by atoms with van der Waals surface area (Å²) in [5.41, 5.74) is 0.898. The van der Waals surface area contributed by atoms with Crippen molar-refractivity contribution in [2.24, 2.45) is 0 Å². The number of aryl methyl sites for hydroxylation is 1. The van der Waals surface area contributed by atoms with E-state index in [0.29, 0.717) is 6.54 Å². The Labute approximate surface area is 124 Å². The van der Waals surface area contributed by atoms with E-state index in [1.54, 1.807) is 6.07 Å². The van der Waals surface area contributed by atoms with Gasteiger partial charge in [-0.3, -0.25) is 4.98 Å². The van der Waals surface area contributed by atoms with Crippen molar-refractivity contribution in [1.82, 2.24) is 25.1 Å². The molecular formula is C15H21N5O. The van der Waals surface area contributed by atoms with Crippen LogP contribution in [0.15, 0.2) is 18.3 Å². The number of rotatable bonds is 4. The summed E-state index contributed by atoms with van der Waals surface area (Å²) in [5, 5.41) is 21.3. The Kier molecular flexibility index (Phi) is 4.15. The van der Waals surface area contributed by atoms with Gasteiger partial charge in [0.05, 0.1) is 17.9 Å². The quantitative estimate of drug-likeness (QED) is 0.899. The summed E-state index contributed by atoms with van der Waals surface area (Å²) in [7, 11) is 0. The monoisotopic (exact) mass is 287 g/mol. The third kappa shape index (κ3) is 3.21. The normalized spacial score (nSPS) is 16.2. The Balaban J connectivity index is 1.66. The van der Waals surface area contributed by atoms with Crippen molar-refractivity contribution in [3.8, 4) is 5.75 Å². The fraction of sp³-hybridized carbons (Fsp3) is 0.533. The lowest BCUT2D eigenvalue weighted by molar-refractivity contribution is 0.470. The smallest absolute Gasteiger partial charge is 0.149 e. The number of nitrogens with zero attached hydrogens (tertiary/aromatic N) is 4. The van der Waals surface area contributed by atoms with Crippen LogP contribution in [-0.2, 0) is 19.5 Å². The number of aromatic hydroxyl groups is 1. The number of hydrogen-bond acceptors (Lipinski definition) is 5. The number of fused-ring (bicyclic) bond motifs is 1. The van der Waals surface area contributed by atoms with E-state index < -0.39 is 0 Å². The zero-order valence-corrected chi connectivity index (χ0v) is 12.3. The molecule has 2 aromatic rings. The molecule has 1 aliphatic heterocycles. The highest BCUT2D eigenvalue weighted by molar-refractivity contribution is 5.18. The Bertz CT molecular complexity index is 593. The molecular weight excluding hydrogens is 266 g/mol. The average molecular weight is 287 g/mol. The minimum Gasteiger partial charge on any atom is -0.506 e. The minimum absolute atomic E-state index is 0.125. The lowest BCUT2D eigenvalue weighted by atomic mass is 10.2. The Morgan fingerprint density at radius 3 is 3.00 bits per heavy atom. The first-order valence-corrected chi connectivity index (χ1v) is 7.53. The number of nitrogens with one attached hydrogen (secondary N) is 1. The molecule has 1 atom stereocenters. The summed E-state index contributed by atoms with van der Waals surface area (Å²) < 4.78 is 2.26. The minimum atomic E-state index is 0.125. The van der Waals surface area contributed by atoms with Crippen molar-refractivity contribution < 1.29 is 5.11 Å². The standard InChI is InChI=1S/C15H21N5O/c1-11(16-9-12-6-7-13(21)10-17-12)15-19-18-14-5-3-2-4-8-20(14)15/h6-7,10-11,16,21H,2-5,8-9H2,1H3. The predicted octanol–water partition coefficient (Wildman–Crippen LogP) is 1.96. The van der Waals surface area contributed by atoms with Crippen LogP contribution in [-0.4, -0.2) is 24.9 Å². The molecule has 0 aliphatic carbocycles. The lowest BCUT2D eigenvalue weighted by Gasteiger charge is -2.15. The van der Waals surface area contributed by atoms with E-state index in [1.807, 2.05) is 6.07 Å². The van der Waals surface area contributed by atoms with Gasteiger partial charge in [0.1, 0.15) is 17.4 Å². The van der Waals surface area contributed by atoms with E-state index in [9.17, 15) is 5.11 Å². The summed E-state index contributed by atoms with van der Waals surface area (Å²) in [5.74, 6) is 2.30. The maximum atomic E-state index is 9.24. The summed E-state index contributed by atoms with van der Waals surface area (Å²) in [6, 6.07) is 3.59. The van der Waals surface area contributed by atoms with Gasteiger partial charge in [0.2, 0.25) is 0 Å². The summed E-state index contributed by atoms with van der Waals surface area (Å²) >= 11 is 0. The van der Waals surface area contributed by atoms with Crippen LogP contribution in [0.3, 0.4) is 0 Å². The van der Waals surface area contributed by atoms with Gasteiger partial charge in [-0.05, 0) is 31.9 Å². The van der Waals surface area contributed by atoms with Crippen LogP contribution >= 0.6 is 0 Å². The van der Waals surface area contributed by atoms with Crippen LogP contribution < -0.4 is 5.32 Å². The van der Waals surface area contributed by atoms with Gasteiger partial charge in [-0.2, -0.15) is 0 Å². The molecule has 21 heavy (non-hydrogen) atoms. The molecule has 1 aliphatic rings. The Hall–Kier alpha value is -1.95. The first kappa shape index (κ1) is 14.0. The summed E-state index contributed by atoms with van der Waals surface area (Å²) in [4.78, 5) is 4.18. The van der Waals surface area contributed by atoms with Crippen molar-refractivity contribution in [1.29, 1.82) is 0 Å². The van der Waals surface area contributed by atoms with Gasteiger partial charge in [-0.25, -0.2) is 0 Å². The van der Waals surface area contributed by atoms with Crippen molar-refractivity contribution in [2.75, 3.05) is 0 Å². The zero-order valence-electron chi connectivity index (χ0n) is 12.3. The average Bonchev–Trinajstić information content (AvgIpc) is 2.75. The van der Waals surface area contributed by atoms with E-state index >= 15 is 0 Å². The molecule has 3 heterocycles. The molecule has 2 aromatic heterocycles. The van der Waals surface area contributed by atoms with Crippen molar-refractivity contribution >= 4 is 0 Å². The van der Waals surface area contributed by atoms with Crippen molar-refractivity contribution in [2.45, 2.75) is 51.7 Å². The van der Waals surface area contributed by atoms with E-state index in [-0.39, 0.29) is 11.8 Å². The van der Waals surface area contributed by atoms with E-state index in [1.165, 1.54) is 25.5 Å². The Morgan fingerprint density at radius 1 is 1.29 bits per heavy atom. The third-order valence-corrected chi connectivity index (χ3v) is 3.92. The molecule has 112 valence electrons. The van der Waals surface area contributed by atoms with Crippen LogP contribution in [0, 0.1) is 0 Å². The third-order valence-electron chi connectivity index (χ3n) is 3.92. The highest BCUT2D eigenvalue weighted by atomic mass is 16.3. The van der Waals surface area contributed by atoms with Gasteiger partial charge < -0.3 is 15.0 Å². The highest BCUT2D eigenvalue weighted by Gasteiger charge is 2.18. The van der Waals surface area contributed by atoms with Crippen LogP contribution in [0.2, 0.25) is 0 Å². The van der Waals surface area contributed by atoms with E-state index in [0.717, 1.165) is 30.3 Å². The maximum absolute atomic E-state index is 9.24. The number of hydrogen-bond donors (Lipinski definition) is 2. The van der Waals surface area contributed by atoms with Crippen LogP contribution in [0.4, 0.5) is 0 Å². The molecule has 0 amide bonds. The lowest BCUT2D eigenvalue weighted by Crippen LogP contribution is -2.22. The molecule has 0 saturated heterocycles. The molecule has 0 aromatic carbocycles. The van der Waals surface area contributed by atoms with Gasteiger partial charge in [0.15, 0.2) is 0 Å². The molecule has 0 fully saturated rings. The SMILES string of the molecule is CC(NCc1ccc(O)cn1)c1nnc2n1CCCCC2. The number of pyridine rings is 1. The van der Waals surface area contributed by atoms with Gasteiger partial charge in [-0.15, -0.1) is 10.2 Å². The summed E-state index contributed by atoms with van der Waals surface area (Å²) in [6.45, 7) is 3.76. The fourth-order valence-electron chi connectivity index (χ4n) is 2.70. The van der Waals surface area contributed by atoms with E-state index in [4.69, 9.17) is 0 Å². The van der Waals surface area contributed by atoms with Crippen molar-refractivity contribution in [3.63, 3.8) is 0 Å². The second-order valence-electron chi connectivity index (χ2n) is 5.55. The first-order chi connectivity index (χ1) is 10.2. The molecule has 6 nitrogen and oxygen atoms in total. The van der Waals surface area contributed by atoms with Gasteiger partial charge in [-0.1, -0.05) is 6.42 Å². The zero-order chi connectivity index (χ0) is 14.7. The Morgan fingerprint density at radius 2 is 2.19 bits per heavy atom. The molecule has 1 unspecified atom stereocenters. The largest absolute Gasteiger partial charge is 0.506 e. The van der Waals surface area contributed by atoms with Crippen LogP contribution in [0.1, 0.15) is 49.6 Å². The topological polar surface area (TPSA) is 75.9 Å². The number of aromatic nitrogens is 4. The fourth-order valence-corrected chi connectivity index (χ4v) is 2.70. The second kappa shape index (κ2) is 6.22. The first-order valence-electron chi connectivity index (χ1n) is 7.53. The molecule has 3 rings (SSSR count). The van der Waals surface area contributed by atoms with Gasteiger partial charge in [0.25, 0.3) is 0 Å². The highest BCUT2D eigenvalue weighted by Crippen LogP contribution is 2.18. The molecule has 0 saturated carbocycles. The van der Waals surface area contributed by atoms with Crippen LogP contribution in [0.5, 0.6) is 5.75 Å². The molecule has 0 spiro atoms. The molecule has 6 heteroatoms. The van der Waals surface area contributed by atoms with Gasteiger partial charge >= 0.3 is 0 Å². The predicted molar refractivity (Wildman–Crippen MR) is 78.7 cm³/mol. The second-order valence-corrected chi connectivity index (χ2v) is 5.55. The van der Waals surface area contributed by atoms with Crippen LogP contribution in [0.25, 0.3) is 0 Å². The van der Waals surface area contributed by atoms with Gasteiger partial charge in [0, 0.05) is 19.5 Å². The molecule has 0 bridgehead atoms. The molecule has 0 radical (unpaired) electrons. The summed E-state index contributed by atoms with van der Waals surface area (Å²) in [6.07, 6.45) is 6.16. The van der Waals surface area contributed by atoms with Crippen molar-refractivity contribution in [3.05, 3.63) is 35.7 Å².